The molecule has 0 spiro atoms. The van der Waals surface area contributed by atoms with Gasteiger partial charge in [0.05, 0.1) is 6.61 Å². The number of nitrogens with zero attached hydrogens (tertiary/aromatic N) is 2. The van der Waals surface area contributed by atoms with Crippen molar-refractivity contribution >= 4 is 23.6 Å². The first kappa shape index (κ1) is 12.9. The van der Waals surface area contributed by atoms with Crippen molar-refractivity contribution in [3.63, 3.8) is 0 Å². The van der Waals surface area contributed by atoms with Crippen LogP contribution in [0, 0.1) is 0 Å². The lowest BCUT2D eigenvalue weighted by Gasteiger charge is -2.05. The summed E-state index contributed by atoms with van der Waals surface area (Å²) in [6.45, 7) is 1.96. The molecule has 18 heavy (non-hydrogen) atoms. The molecule has 0 bridgehead atoms. The number of thioether (sulfide) groups is 1. The lowest BCUT2D eigenvalue weighted by molar-refractivity contribution is -0.119. The monoisotopic (exact) mass is 271 g/mol. The van der Waals surface area contributed by atoms with Gasteiger partial charge in [-0.1, -0.05) is 16.9 Å². The van der Waals surface area contributed by atoms with E-state index < -0.39 is 5.97 Å². The van der Waals surface area contributed by atoms with Gasteiger partial charge in [0.25, 0.3) is 5.22 Å². The average molecular weight is 271 g/mol. The molecule has 1 saturated heterocycles. The SMILES string of the molecule is CCOC(=O)c1nnc(SCC2CCC(=O)N2)o1. The molecule has 2 heterocycles. The van der Waals surface area contributed by atoms with Crippen molar-refractivity contribution in [3.8, 4) is 0 Å². The molecule has 1 N–H and O–H groups in total. The van der Waals surface area contributed by atoms with Crippen molar-refractivity contribution in [3.05, 3.63) is 5.89 Å². The Morgan fingerprint density at radius 1 is 1.61 bits per heavy atom. The summed E-state index contributed by atoms with van der Waals surface area (Å²) >= 11 is 1.31. The number of carbonyl (C=O) groups excluding carboxylic acids is 2. The van der Waals surface area contributed by atoms with Crippen molar-refractivity contribution in [1.29, 1.82) is 0 Å². The van der Waals surface area contributed by atoms with Crippen LogP contribution in [0.1, 0.15) is 30.5 Å². The second kappa shape index (κ2) is 5.85. The molecular weight excluding hydrogens is 258 g/mol. The molecule has 1 unspecified atom stereocenters. The van der Waals surface area contributed by atoms with Gasteiger partial charge in [-0.05, 0) is 13.3 Å². The van der Waals surface area contributed by atoms with Crippen molar-refractivity contribution < 1.29 is 18.7 Å². The van der Waals surface area contributed by atoms with Crippen LogP contribution >= 0.6 is 11.8 Å². The molecule has 2 rings (SSSR count). The third kappa shape index (κ3) is 3.22. The minimum atomic E-state index is -0.619. The maximum Gasteiger partial charge on any atom is 0.396 e. The molecule has 7 nitrogen and oxygen atoms in total. The third-order valence-electron chi connectivity index (χ3n) is 2.35. The summed E-state index contributed by atoms with van der Waals surface area (Å²) in [5.41, 5.74) is 0. The van der Waals surface area contributed by atoms with Crippen molar-refractivity contribution in [2.45, 2.75) is 31.0 Å². The van der Waals surface area contributed by atoms with Crippen LogP contribution < -0.4 is 5.32 Å². The van der Waals surface area contributed by atoms with Gasteiger partial charge in [0.15, 0.2) is 0 Å². The van der Waals surface area contributed by atoms with Gasteiger partial charge < -0.3 is 14.5 Å². The summed E-state index contributed by atoms with van der Waals surface area (Å²) in [5.74, 6) is -0.0462. The highest BCUT2D eigenvalue weighted by molar-refractivity contribution is 7.99. The number of aromatic nitrogens is 2. The van der Waals surface area contributed by atoms with Gasteiger partial charge in [-0.25, -0.2) is 4.79 Å². The van der Waals surface area contributed by atoms with Gasteiger partial charge in [-0.15, -0.1) is 5.10 Å². The Morgan fingerprint density at radius 3 is 3.11 bits per heavy atom. The number of hydrogen-bond donors (Lipinski definition) is 1. The number of ether oxygens (including phenoxy) is 1. The standard InChI is InChI=1S/C10H13N3O4S/c1-2-16-9(15)8-12-13-10(17-8)18-5-6-3-4-7(14)11-6/h6H,2-5H2,1H3,(H,11,14). The maximum atomic E-state index is 11.3. The van der Waals surface area contributed by atoms with E-state index in [1.54, 1.807) is 6.92 Å². The molecule has 1 amide bonds. The fourth-order valence-electron chi connectivity index (χ4n) is 1.52. The highest BCUT2D eigenvalue weighted by atomic mass is 32.2. The predicted octanol–water partition coefficient (Wildman–Crippen LogP) is 0.617. The number of carbonyl (C=O) groups is 2. The van der Waals surface area contributed by atoms with E-state index in [9.17, 15) is 9.59 Å². The molecule has 0 radical (unpaired) electrons. The molecule has 1 aliphatic heterocycles. The van der Waals surface area contributed by atoms with E-state index in [1.807, 2.05) is 0 Å². The first-order chi connectivity index (χ1) is 8.69. The highest BCUT2D eigenvalue weighted by Gasteiger charge is 2.22. The fraction of sp³-hybridized carbons (Fsp3) is 0.600. The van der Waals surface area contributed by atoms with Gasteiger partial charge >= 0.3 is 11.9 Å². The number of rotatable bonds is 5. The smallest absolute Gasteiger partial charge is 0.396 e. The van der Waals surface area contributed by atoms with E-state index in [-0.39, 0.29) is 24.4 Å². The minimum absolute atomic E-state index is 0.0679. The Bertz CT molecular complexity index is 448. The van der Waals surface area contributed by atoms with Crippen LogP contribution in [0.2, 0.25) is 0 Å². The molecule has 1 aliphatic rings. The van der Waals surface area contributed by atoms with Crippen LogP contribution in [0.3, 0.4) is 0 Å². The van der Waals surface area contributed by atoms with Gasteiger partial charge in [0.1, 0.15) is 0 Å². The molecule has 1 aromatic rings. The van der Waals surface area contributed by atoms with Crippen molar-refractivity contribution in [2.75, 3.05) is 12.4 Å². The normalized spacial score (nSPS) is 18.7. The molecule has 98 valence electrons. The first-order valence-corrected chi connectivity index (χ1v) is 6.60. The Labute approximate surface area is 108 Å². The van der Waals surface area contributed by atoms with Gasteiger partial charge in [0.2, 0.25) is 5.91 Å². The molecule has 1 atom stereocenters. The maximum absolute atomic E-state index is 11.3. The first-order valence-electron chi connectivity index (χ1n) is 5.62. The molecular formula is C10H13N3O4S. The molecule has 1 fully saturated rings. The van der Waals surface area contributed by atoms with Crippen LogP contribution in [-0.4, -0.2) is 40.5 Å². The van der Waals surface area contributed by atoms with Crippen LogP contribution in [-0.2, 0) is 9.53 Å². The van der Waals surface area contributed by atoms with Crippen LogP contribution in [0.4, 0.5) is 0 Å². The summed E-state index contributed by atoms with van der Waals surface area (Å²) in [7, 11) is 0. The minimum Gasteiger partial charge on any atom is -0.459 e. The largest absolute Gasteiger partial charge is 0.459 e. The van der Waals surface area contributed by atoms with Gasteiger partial charge in [-0.2, -0.15) is 0 Å². The van der Waals surface area contributed by atoms with E-state index >= 15 is 0 Å². The number of nitrogens with one attached hydrogen (secondary N) is 1. The van der Waals surface area contributed by atoms with E-state index in [0.29, 0.717) is 17.4 Å². The topological polar surface area (TPSA) is 94.3 Å². The summed E-state index contributed by atoms with van der Waals surface area (Å²) in [6, 6.07) is 0.125. The summed E-state index contributed by atoms with van der Waals surface area (Å²) in [6.07, 6.45) is 1.37. The van der Waals surface area contributed by atoms with E-state index in [0.717, 1.165) is 6.42 Å². The van der Waals surface area contributed by atoms with Gasteiger partial charge in [-0.3, -0.25) is 4.79 Å². The van der Waals surface area contributed by atoms with Crippen LogP contribution in [0.25, 0.3) is 0 Å². The Balaban J connectivity index is 1.83. The zero-order valence-corrected chi connectivity index (χ0v) is 10.7. The quantitative estimate of drug-likeness (QED) is 0.619. The lowest BCUT2D eigenvalue weighted by Crippen LogP contribution is -2.27. The second-order valence-electron chi connectivity index (χ2n) is 3.71. The van der Waals surface area contributed by atoms with Crippen molar-refractivity contribution in [1.82, 2.24) is 15.5 Å². The Kier molecular flexibility index (Phi) is 4.19. The third-order valence-corrected chi connectivity index (χ3v) is 3.33. The predicted molar refractivity (Wildman–Crippen MR) is 62.1 cm³/mol. The zero-order valence-electron chi connectivity index (χ0n) is 9.84. The summed E-state index contributed by atoms with van der Waals surface area (Å²) in [5, 5.41) is 10.5. The zero-order chi connectivity index (χ0) is 13.0. The van der Waals surface area contributed by atoms with E-state index in [1.165, 1.54) is 11.8 Å². The lowest BCUT2D eigenvalue weighted by atomic mass is 10.2. The number of amides is 1. The number of hydrogen-bond acceptors (Lipinski definition) is 7. The highest BCUT2D eigenvalue weighted by Crippen LogP contribution is 2.20. The summed E-state index contributed by atoms with van der Waals surface area (Å²) in [4.78, 5) is 22.3. The average Bonchev–Trinajstić information content (AvgIpc) is 2.95. The van der Waals surface area contributed by atoms with Crippen LogP contribution in [0.15, 0.2) is 9.64 Å². The number of esters is 1. The molecule has 0 aliphatic carbocycles. The van der Waals surface area contributed by atoms with E-state index in [4.69, 9.17) is 9.15 Å². The summed E-state index contributed by atoms with van der Waals surface area (Å²) < 4.78 is 9.87. The Morgan fingerprint density at radius 2 is 2.44 bits per heavy atom. The van der Waals surface area contributed by atoms with Gasteiger partial charge in [0, 0.05) is 18.2 Å². The van der Waals surface area contributed by atoms with E-state index in [2.05, 4.69) is 15.5 Å². The fourth-order valence-corrected chi connectivity index (χ4v) is 2.35. The van der Waals surface area contributed by atoms with Crippen molar-refractivity contribution in [2.24, 2.45) is 0 Å². The molecule has 8 heteroatoms. The molecule has 1 aromatic heterocycles. The molecule has 0 saturated carbocycles. The molecule has 0 aromatic carbocycles. The van der Waals surface area contributed by atoms with Crippen LogP contribution in [0.5, 0.6) is 0 Å². The Hall–Kier alpha value is -1.57. The second-order valence-corrected chi connectivity index (χ2v) is 4.68.